The minimum Gasteiger partial charge on any atom is -0.492 e. The van der Waals surface area contributed by atoms with Crippen molar-refractivity contribution in [1.82, 2.24) is 14.7 Å². The Kier molecular flexibility index (Phi) is 6.06. The number of imidazole rings is 1. The summed E-state index contributed by atoms with van der Waals surface area (Å²) in [5.41, 5.74) is 3.28. The van der Waals surface area contributed by atoms with Gasteiger partial charge >= 0.3 is 0 Å². The molecule has 2 aromatic carbocycles. The van der Waals surface area contributed by atoms with Gasteiger partial charge in [-0.1, -0.05) is 48.5 Å². The van der Waals surface area contributed by atoms with Crippen LogP contribution in [0.4, 0.5) is 5.69 Å². The van der Waals surface area contributed by atoms with E-state index in [9.17, 15) is 4.79 Å². The van der Waals surface area contributed by atoms with Crippen molar-refractivity contribution in [3.05, 3.63) is 96.4 Å². The molecule has 4 aromatic rings. The molecular weight excluding hydrogens is 376 g/mol. The highest BCUT2D eigenvalue weighted by molar-refractivity contribution is 5.96. The summed E-state index contributed by atoms with van der Waals surface area (Å²) < 4.78 is 7.60. The lowest BCUT2D eigenvalue weighted by Gasteiger charge is -2.19. The number of para-hydroxylation sites is 2. The molecule has 30 heavy (non-hydrogen) atoms. The molecule has 1 amide bonds. The summed E-state index contributed by atoms with van der Waals surface area (Å²) in [5.74, 6) is 0.498. The average molecular weight is 400 g/mol. The van der Waals surface area contributed by atoms with Gasteiger partial charge in [-0.2, -0.15) is 0 Å². The Labute approximate surface area is 175 Å². The second-order valence-corrected chi connectivity index (χ2v) is 6.84. The van der Waals surface area contributed by atoms with Crippen molar-refractivity contribution >= 4 is 17.2 Å². The van der Waals surface area contributed by atoms with E-state index in [0.717, 1.165) is 16.9 Å². The minimum atomic E-state index is -0.536. The molecule has 0 aliphatic rings. The van der Waals surface area contributed by atoms with Crippen molar-refractivity contribution in [2.24, 2.45) is 0 Å². The quantitative estimate of drug-likeness (QED) is 0.465. The summed E-state index contributed by atoms with van der Waals surface area (Å²) in [6.07, 6.45) is 3.92. The maximum Gasteiger partial charge on any atom is 0.246 e. The molecule has 1 atom stereocenters. The number of nitrogens with zero attached hydrogens (tertiary/aromatic N) is 2. The number of rotatable bonds is 8. The predicted octanol–water partition coefficient (Wildman–Crippen LogP) is 4.20. The standard InChI is InChI=1S/C24H24N4O2/c1-2-30-21-13-7-6-12-20(21)27-24(29)23(18-10-4-3-5-11-18)25-16-19-17-28-15-9-8-14-22(28)26-19/h3-15,17,23,25H,2,16H2,1H3,(H,27,29)/t23-/m1/s1. The Bertz CT molecular complexity index is 1090. The number of anilines is 1. The normalized spacial score (nSPS) is 11.9. The number of carbonyl (C=O) groups excluding carboxylic acids is 1. The van der Waals surface area contributed by atoms with E-state index < -0.39 is 6.04 Å². The van der Waals surface area contributed by atoms with E-state index in [1.165, 1.54) is 0 Å². The van der Waals surface area contributed by atoms with Gasteiger partial charge in [0.2, 0.25) is 5.91 Å². The molecular formula is C24H24N4O2. The molecule has 4 rings (SSSR count). The van der Waals surface area contributed by atoms with Crippen LogP contribution in [0.2, 0.25) is 0 Å². The van der Waals surface area contributed by atoms with Gasteiger partial charge in [-0.15, -0.1) is 0 Å². The van der Waals surface area contributed by atoms with Gasteiger partial charge in [0.25, 0.3) is 0 Å². The van der Waals surface area contributed by atoms with E-state index in [1.807, 2.05) is 96.5 Å². The Balaban J connectivity index is 1.54. The van der Waals surface area contributed by atoms with E-state index in [4.69, 9.17) is 4.74 Å². The van der Waals surface area contributed by atoms with Crippen molar-refractivity contribution in [3.63, 3.8) is 0 Å². The monoisotopic (exact) mass is 400 g/mol. The molecule has 0 saturated heterocycles. The zero-order chi connectivity index (χ0) is 20.8. The number of hydrogen-bond donors (Lipinski definition) is 2. The van der Waals surface area contributed by atoms with Gasteiger partial charge in [-0.3, -0.25) is 10.1 Å². The Hall–Kier alpha value is -3.64. The first-order valence-corrected chi connectivity index (χ1v) is 9.98. The van der Waals surface area contributed by atoms with Gasteiger partial charge in [0.1, 0.15) is 17.4 Å². The molecule has 6 nitrogen and oxygen atoms in total. The number of pyridine rings is 1. The third kappa shape index (κ3) is 4.50. The topological polar surface area (TPSA) is 67.7 Å². The molecule has 0 spiro atoms. The minimum absolute atomic E-state index is 0.155. The Morgan fingerprint density at radius 1 is 1.03 bits per heavy atom. The first-order chi connectivity index (χ1) is 14.7. The Morgan fingerprint density at radius 3 is 2.60 bits per heavy atom. The summed E-state index contributed by atoms with van der Waals surface area (Å²) in [6, 6.07) is 22.4. The third-order valence-electron chi connectivity index (χ3n) is 4.74. The van der Waals surface area contributed by atoms with Gasteiger partial charge in [-0.05, 0) is 36.8 Å². The summed E-state index contributed by atoms with van der Waals surface area (Å²) in [4.78, 5) is 17.8. The van der Waals surface area contributed by atoms with Crippen LogP contribution in [0.25, 0.3) is 5.65 Å². The van der Waals surface area contributed by atoms with Gasteiger partial charge in [0.15, 0.2) is 0 Å². The maximum absolute atomic E-state index is 13.2. The molecule has 0 bridgehead atoms. The lowest BCUT2D eigenvalue weighted by molar-refractivity contribution is -0.118. The zero-order valence-corrected chi connectivity index (χ0v) is 16.8. The lowest BCUT2D eigenvalue weighted by Crippen LogP contribution is -2.33. The van der Waals surface area contributed by atoms with E-state index in [2.05, 4.69) is 15.6 Å². The second kappa shape index (κ2) is 9.24. The predicted molar refractivity (Wildman–Crippen MR) is 117 cm³/mol. The molecule has 152 valence electrons. The van der Waals surface area contributed by atoms with Crippen molar-refractivity contribution in [2.45, 2.75) is 19.5 Å². The average Bonchev–Trinajstić information content (AvgIpc) is 3.19. The van der Waals surface area contributed by atoms with E-state index >= 15 is 0 Å². The molecule has 6 heteroatoms. The SMILES string of the molecule is CCOc1ccccc1NC(=O)[C@H](NCc1cn2ccccc2n1)c1ccccc1. The lowest BCUT2D eigenvalue weighted by atomic mass is 10.1. The van der Waals surface area contributed by atoms with Gasteiger partial charge < -0.3 is 14.5 Å². The fourth-order valence-corrected chi connectivity index (χ4v) is 3.34. The highest BCUT2D eigenvalue weighted by Crippen LogP contribution is 2.25. The molecule has 0 aliphatic carbocycles. The number of fused-ring (bicyclic) bond motifs is 1. The van der Waals surface area contributed by atoms with Gasteiger partial charge in [0, 0.05) is 18.9 Å². The van der Waals surface area contributed by atoms with Crippen molar-refractivity contribution < 1.29 is 9.53 Å². The van der Waals surface area contributed by atoms with Crippen molar-refractivity contribution in [3.8, 4) is 5.75 Å². The molecule has 2 aromatic heterocycles. The fourth-order valence-electron chi connectivity index (χ4n) is 3.34. The number of nitrogens with one attached hydrogen (secondary N) is 2. The summed E-state index contributed by atoms with van der Waals surface area (Å²) in [7, 11) is 0. The largest absolute Gasteiger partial charge is 0.492 e. The first-order valence-electron chi connectivity index (χ1n) is 9.98. The highest BCUT2D eigenvalue weighted by Gasteiger charge is 2.21. The second-order valence-electron chi connectivity index (χ2n) is 6.84. The third-order valence-corrected chi connectivity index (χ3v) is 4.74. The molecule has 0 saturated carbocycles. The van der Waals surface area contributed by atoms with Crippen LogP contribution in [-0.4, -0.2) is 21.9 Å². The number of ether oxygens (including phenoxy) is 1. The van der Waals surface area contributed by atoms with E-state index in [0.29, 0.717) is 24.6 Å². The van der Waals surface area contributed by atoms with Gasteiger partial charge in [0.05, 0.1) is 18.0 Å². The van der Waals surface area contributed by atoms with Crippen LogP contribution in [-0.2, 0) is 11.3 Å². The Morgan fingerprint density at radius 2 is 1.80 bits per heavy atom. The molecule has 2 N–H and O–H groups in total. The molecule has 0 fully saturated rings. The highest BCUT2D eigenvalue weighted by atomic mass is 16.5. The van der Waals surface area contributed by atoms with E-state index in [1.54, 1.807) is 0 Å². The molecule has 0 aliphatic heterocycles. The summed E-state index contributed by atoms with van der Waals surface area (Å²) in [5, 5.41) is 6.36. The number of hydrogen-bond acceptors (Lipinski definition) is 4. The van der Waals surface area contributed by atoms with Gasteiger partial charge in [-0.25, -0.2) is 4.98 Å². The fraction of sp³-hybridized carbons (Fsp3) is 0.167. The smallest absolute Gasteiger partial charge is 0.246 e. The van der Waals surface area contributed by atoms with E-state index in [-0.39, 0.29) is 5.91 Å². The molecule has 0 unspecified atom stereocenters. The van der Waals surface area contributed by atoms with Crippen LogP contribution in [0, 0.1) is 0 Å². The van der Waals surface area contributed by atoms with Crippen LogP contribution in [0.5, 0.6) is 5.75 Å². The first kappa shape index (κ1) is 19.7. The van der Waals surface area contributed by atoms with Crippen LogP contribution < -0.4 is 15.4 Å². The van der Waals surface area contributed by atoms with Crippen LogP contribution >= 0.6 is 0 Å². The number of carbonyl (C=O) groups is 1. The molecule has 2 heterocycles. The number of benzene rings is 2. The number of aromatic nitrogens is 2. The maximum atomic E-state index is 13.2. The summed E-state index contributed by atoms with van der Waals surface area (Å²) >= 11 is 0. The number of amides is 1. The van der Waals surface area contributed by atoms with Crippen molar-refractivity contribution in [1.29, 1.82) is 0 Å². The van der Waals surface area contributed by atoms with Crippen LogP contribution in [0.3, 0.4) is 0 Å². The van der Waals surface area contributed by atoms with Crippen molar-refractivity contribution in [2.75, 3.05) is 11.9 Å². The molecule has 0 radical (unpaired) electrons. The van der Waals surface area contributed by atoms with Crippen LogP contribution in [0.15, 0.2) is 85.2 Å². The zero-order valence-electron chi connectivity index (χ0n) is 16.8. The summed E-state index contributed by atoms with van der Waals surface area (Å²) in [6.45, 7) is 2.91. The van der Waals surface area contributed by atoms with Crippen LogP contribution in [0.1, 0.15) is 24.2 Å².